The predicted molar refractivity (Wildman–Crippen MR) is 85.5 cm³/mol. The van der Waals surface area contributed by atoms with Crippen LogP contribution in [0, 0.1) is 39.8 Å². The van der Waals surface area contributed by atoms with E-state index >= 15 is 0 Å². The van der Waals surface area contributed by atoms with Gasteiger partial charge in [0.15, 0.2) is 6.10 Å². The summed E-state index contributed by atoms with van der Waals surface area (Å²) in [6, 6.07) is 7.02. The Bertz CT molecular complexity index is 887. The standard InChI is InChI=1S/C18H14F7N3O2/c1-15(7-26,8-27)6-11-13(17(20,21)22)30-9-16(11,28-14(29)18(23,24)25)10-4-2-3-5-12(10)19/h2-5,11,13H,6,9H2,1H3,(H,28,29)/t11-,13?,16-/m1/s1. The highest BCUT2D eigenvalue weighted by atomic mass is 19.4. The number of nitriles is 2. The molecule has 0 saturated carbocycles. The van der Waals surface area contributed by atoms with E-state index in [1.165, 1.54) is 17.5 Å². The third kappa shape index (κ3) is 4.33. The Morgan fingerprint density at radius 3 is 2.23 bits per heavy atom. The third-order valence-electron chi connectivity index (χ3n) is 4.88. The number of carbonyl (C=O) groups excluding carboxylic acids is 1. The first kappa shape index (κ1) is 23.4. The lowest BCUT2D eigenvalue weighted by molar-refractivity contribution is -0.218. The largest absolute Gasteiger partial charge is 0.471 e. The highest BCUT2D eigenvalue weighted by Gasteiger charge is 2.63. The van der Waals surface area contributed by atoms with E-state index in [1.54, 1.807) is 0 Å². The molecule has 1 N–H and O–H groups in total. The molecule has 12 heteroatoms. The van der Waals surface area contributed by atoms with Gasteiger partial charge in [-0.2, -0.15) is 36.9 Å². The average Bonchev–Trinajstić information content (AvgIpc) is 3.00. The normalized spacial score (nSPS) is 24.7. The molecule has 1 unspecified atom stereocenters. The van der Waals surface area contributed by atoms with Gasteiger partial charge in [-0.25, -0.2) is 4.39 Å². The zero-order valence-electron chi connectivity index (χ0n) is 15.2. The Hall–Kier alpha value is -2.86. The van der Waals surface area contributed by atoms with Crippen LogP contribution in [0.4, 0.5) is 30.7 Å². The minimum Gasteiger partial charge on any atom is -0.366 e. The second kappa shape index (κ2) is 7.76. The second-order valence-electron chi connectivity index (χ2n) is 7.04. The predicted octanol–water partition coefficient (Wildman–Crippen LogP) is 3.72. The molecule has 2 rings (SSSR count). The summed E-state index contributed by atoms with van der Waals surface area (Å²) in [6.45, 7) is -0.173. The number of alkyl halides is 6. The summed E-state index contributed by atoms with van der Waals surface area (Å²) in [4.78, 5) is 11.7. The highest BCUT2D eigenvalue weighted by molar-refractivity contribution is 5.82. The minimum absolute atomic E-state index is 0.683. The summed E-state index contributed by atoms with van der Waals surface area (Å²) in [6.07, 6.45) is -14.3. The molecule has 5 nitrogen and oxygen atoms in total. The first-order valence-electron chi connectivity index (χ1n) is 8.35. The Morgan fingerprint density at radius 2 is 1.77 bits per heavy atom. The molecule has 1 saturated heterocycles. The number of hydrogen-bond donors (Lipinski definition) is 1. The van der Waals surface area contributed by atoms with E-state index in [9.17, 15) is 46.1 Å². The molecular formula is C18H14F7N3O2. The monoisotopic (exact) mass is 437 g/mol. The van der Waals surface area contributed by atoms with Gasteiger partial charge in [-0.3, -0.25) is 4.79 Å². The lowest BCUT2D eigenvalue weighted by Gasteiger charge is -2.39. The number of carbonyl (C=O) groups is 1. The number of nitrogens with zero attached hydrogens (tertiary/aromatic N) is 2. The number of amides is 1. The quantitative estimate of drug-likeness (QED) is 0.728. The molecule has 30 heavy (non-hydrogen) atoms. The lowest BCUT2D eigenvalue weighted by Crippen LogP contribution is -2.57. The Balaban J connectivity index is 2.74. The van der Waals surface area contributed by atoms with Crippen molar-refractivity contribution in [2.24, 2.45) is 11.3 Å². The maximum Gasteiger partial charge on any atom is 0.471 e. The van der Waals surface area contributed by atoms with Crippen LogP contribution in [0.25, 0.3) is 0 Å². The molecule has 0 aliphatic carbocycles. The fraction of sp³-hybridized carbons (Fsp3) is 0.500. The molecule has 1 heterocycles. The Morgan fingerprint density at radius 1 is 1.20 bits per heavy atom. The molecule has 1 aliphatic rings. The van der Waals surface area contributed by atoms with Crippen molar-refractivity contribution in [3.63, 3.8) is 0 Å². The molecule has 0 aromatic heterocycles. The van der Waals surface area contributed by atoms with Gasteiger partial charge in [0.2, 0.25) is 0 Å². The third-order valence-corrected chi connectivity index (χ3v) is 4.88. The molecule has 1 aromatic carbocycles. The highest BCUT2D eigenvalue weighted by Crippen LogP contribution is 2.50. The topological polar surface area (TPSA) is 85.9 Å². The van der Waals surface area contributed by atoms with Crippen molar-refractivity contribution in [3.8, 4) is 12.1 Å². The van der Waals surface area contributed by atoms with E-state index in [-0.39, 0.29) is 0 Å². The Labute approximate surface area is 166 Å². The fourth-order valence-corrected chi connectivity index (χ4v) is 3.43. The molecule has 0 spiro atoms. The van der Waals surface area contributed by atoms with Crippen LogP contribution in [0.1, 0.15) is 18.9 Å². The van der Waals surface area contributed by atoms with Gasteiger partial charge in [-0.15, -0.1) is 0 Å². The van der Waals surface area contributed by atoms with E-state index < -0.39 is 65.6 Å². The molecule has 1 fully saturated rings. The van der Waals surface area contributed by atoms with Crippen LogP contribution in [0.3, 0.4) is 0 Å². The van der Waals surface area contributed by atoms with Crippen LogP contribution in [0.15, 0.2) is 24.3 Å². The summed E-state index contributed by atoms with van der Waals surface area (Å²) in [5, 5.41) is 19.9. The zero-order valence-corrected chi connectivity index (χ0v) is 15.2. The molecule has 0 bridgehead atoms. The maximum absolute atomic E-state index is 14.5. The van der Waals surface area contributed by atoms with Gasteiger partial charge >= 0.3 is 18.3 Å². The van der Waals surface area contributed by atoms with E-state index in [4.69, 9.17) is 4.74 Å². The van der Waals surface area contributed by atoms with Gasteiger partial charge < -0.3 is 10.1 Å². The SMILES string of the molecule is CC(C#N)(C#N)C[C@@H]1C(C(F)(F)F)OC[C@@]1(NC(=O)C(F)(F)F)c1ccccc1F. The maximum atomic E-state index is 14.5. The van der Waals surface area contributed by atoms with Crippen molar-refractivity contribution in [3.05, 3.63) is 35.6 Å². The number of ether oxygens (including phenoxy) is 1. The molecule has 0 radical (unpaired) electrons. The van der Waals surface area contributed by atoms with E-state index in [0.717, 1.165) is 31.2 Å². The van der Waals surface area contributed by atoms with Crippen molar-refractivity contribution in [1.82, 2.24) is 5.32 Å². The Kier molecular flexibility index (Phi) is 6.06. The number of rotatable bonds is 4. The average molecular weight is 437 g/mol. The molecule has 162 valence electrons. The number of nitrogens with one attached hydrogen (secondary N) is 1. The lowest BCUT2D eigenvalue weighted by atomic mass is 9.69. The van der Waals surface area contributed by atoms with E-state index in [2.05, 4.69) is 0 Å². The van der Waals surface area contributed by atoms with Crippen molar-refractivity contribution < 1.29 is 40.3 Å². The van der Waals surface area contributed by atoms with Crippen molar-refractivity contribution in [1.29, 1.82) is 10.5 Å². The molecule has 3 atom stereocenters. The fourth-order valence-electron chi connectivity index (χ4n) is 3.43. The van der Waals surface area contributed by atoms with Crippen LogP contribution in [0.2, 0.25) is 0 Å². The van der Waals surface area contributed by atoms with Crippen LogP contribution in [-0.4, -0.2) is 31.0 Å². The van der Waals surface area contributed by atoms with Gasteiger partial charge in [-0.05, 0) is 19.4 Å². The first-order valence-corrected chi connectivity index (χ1v) is 8.35. The van der Waals surface area contributed by atoms with Gasteiger partial charge in [0.05, 0.1) is 24.3 Å². The molecular weight excluding hydrogens is 423 g/mol. The van der Waals surface area contributed by atoms with Crippen molar-refractivity contribution in [2.45, 2.75) is 37.3 Å². The molecule has 1 aliphatic heterocycles. The smallest absolute Gasteiger partial charge is 0.366 e. The molecule has 1 amide bonds. The number of halogens is 7. The number of benzene rings is 1. The van der Waals surface area contributed by atoms with Gasteiger partial charge in [0.1, 0.15) is 11.2 Å². The van der Waals surface area contributed by atoms with Gasteiger partial charge in [0, 0.05) is 11.5 Å². The van der Waals surface area contributed by atoms with Gasteiger partial charge in [-0.1, -0.05) is 18.2 Å². The summed E-state index contributed by atoms with van der Waals surface area (Å²) in [5.41, 5.74) is -5.40. The van der Waals surface area contributed by atoms with Crippen LogP contribution in [-0.2, 0) is 15.1 Å². The first-order chi connectivity index (χ1) is 13.7. The molecule has 1 aromatic rings. The number of hydrogen-bond acceptors (Lipinski definition) is 4. The summed E-state index contributed by atoms with van der Waals surface area (Å²) in [5.74, 6) is -5.91. The van der Waals surface area contributed by atoms with E-state index in [0.29, 0.717) is 0 Å². The van der Waals surface area contributed by atoms with Crippen LogP contribution < -0.4 is 5.32 Å². The minimum atomic E-state index is -5.49. The van der Waals surface area contributed by atoms with Crippen molar-refractivity contribution >= 4 is 5.91 Å². The summed E-state index contributed by atoms with van der Waals surface area (Å²) < 4.78 is 98.9. The van der Waals surface area contributed by atoms with Gasteiger partial charge in [0.25, 0.3) is 0 Å². The van der Waals surface area contributed by atoms with E-state index in [1.807, 2.05) is 0 Å². The van der Waals surface area contributed by atoms with Crippen LogP contribution >= 0.6 is 0 Å². The second-order valence-corrected chi connectivity index (χ2v) is 7.04. The van der Waals surface area contributed by atoms with Crippen molar-refractivity contribution in [2.75, 3.05) is 6.61 Å². The summed E-state index contributed by atoms with van der Waals surface area (Å²) >= 11 is 0. The van der Waals surface area contributed by atoms with Crippen LogP contribution in [0.5, 0.6) is 0 Å². The summed E-state index contributed by atoms with van der Waals surface area (Å²) in [7, 11) is 0. The zero-order chi connectivity index (χ0) is 23.0.